The van der Waals surface area contributed by atoms with Crippen LogP contribution in [-0.2, 0) is 11.3 Å². The fourth-order valence-electron chi connectivity index (χ4n) is 3.07. The van der Waals surface area contributed by atoms with Crippen LogP contribution in [0.2, 0.25) is 0 Å². The molecule has 0 bridgehead atoms. The summed E-state index contributed by atoms with van der Waals surface area (Å²) in [4.78, 5) is 9.06. The van der Waals surface area contributed by atoms with Gasteiger partial charge in [0.25, 0.3) is 0 Å². The van der Waals surface area contributed by atoms with Crippen LogP contribution in [-0.4, -0.2) is 26.8 Å². The van der Waals surface area contributed by atoms with E-state index in [1.807, 2.05) is 36.5 Å². The molecule has 27 heavy (non-hydrogen) atoms. The van der Waals surface area contributed by atoms with Crippen LogP contribution in [0.1, 0.15) is 31.0 Å². The van der Waals surface area contributed by atoms with Crippen molar-refractivity contribution in [2.75, 3.05) is 11.9 Å². The number of unbranched alkanes of at least 4 members (excludes halogenated alkanes) is 1. The Morgan fingerprint density at radius 1 is 1.19 bits per heavy atom. The molecule has 138 valence electrons. The Morgan fingerprint density at radius 2 is 2.11 bits per heavy atom. The minimum atomic E-state index is 0.528. The van der Waals surface area contributed by atoms with E-state index in [2.05, 4.69) is 45.4 Å². The summed E-state index contributed by atoms with van der Waals surface area (Å²) in [6, 6.07) is 12.2. The highest BCUT2D eigenvalue weighted by atomic mass is 16.5. The lowest BCUT2D eigenvalue weighted by molar-refractivity contribution is 0.116. The SMILES string of the molecule is CCCCOCc1n[nH]c2cc(Nc3ncc4cccc(C)c4n3)ccc12. The Balaban J connectivity index is 1.53. The Hall–Kier alpha value is -2.99. The number of rotatable bonds is 7. The molecule has 6 heteroatoms. The minimum Gasteiger partial charge on any atom is -0.375 e. The predicted molar refractivity (Wildman–Crippen MR) is 108 cm³/mol. The molecule has 2 aromatic carbocycles. The molecule has 4 rings (SSSR count). The highest BCUT2D eigenvalue weighted by Gasteiger charge is 2.08. The van der Waals surface area contributed by atoms with Crippen LogP contribution in [0.25, 0.3) is 21.8 Å². The lowest BCUT2D eigenvalue weighted by atomic mass is 10.1. The van der Waals surface area contributed by atoms with Gasteiger partial charge in [-0.2, -0.15) is 5.10 Å². The molecule has 0 aliphatic carbocycles. The molecule has 0 aliphatic rings. The molecule has 0 saturated carbocycles. The van der Waals surface area contributed by atoms with E-state index in [0.29, 0.717) is 12.6 Å². The van der Waals surface area contributed by atoms with Gasteiger partial charge in [-0.25, -0.2) is 9.97 Å². The van der Waals surface area contributed by atoms with Crippen molar-refractivity contribution >= 4 is 33.4 Å². The highest BCUT2D eigenvalue weighted by Crippen LogP contribution is 2.23. The Labute approximate surface area is 158 Å². The van der Waals surface area contributed by atoms with Gasteiger partial charge in [-0.3, -0.25) is 5.10 Å². The van der Waals surface area contributed by atoms with Gasteiger partial charge in [0.1, 0.15) is 0 Å². The van der Waals surface area contributed by atoms with Crippen molar-refractivity contribution in [2.45, 2.75) is 33.3 Å². The zero-order chi connectivity index (χ0) is 18.6. The number of nitrogens with one attached hydrogen (secondary N) is 2. The molecule has 2 N–H and O–H groups in total. The number of aryl methyl sites for hydroxylation is 1. The lowest BCUT2D eigenvalue weighted by Crippen LogP contribution is -1.98. The largest absolute Gasteiger partial charge is 0.375 e. The molecule has 0 unspecified atom stereocenters. The van der Waals surface area contributed by atoms with Crippen molar-refractivity contribution in [3.63, 3.8) is 0 Å². The van der Waals surface area contributed by atoms with Gasteiger partial charge in [0.05, 0.1) is 23.3 Å². The van der Waals surface area contributed by atoms with Crippen LogP contribution in [0.15, 0.2) is 42.6 Å². The number of para-hydroxylation sites is 1. The third-order valence-corrected chi connectivity index (χ3v) is 4.59. The Kier molecular flexibility index (Phi) is 4.98. The first-order valence-electron chi connectivity index (χ1n) is 9.28. The summed E-state index contributed by atoms with van der Waals surface area (Å²) in [5, 5.41) is 12.9. The van der Waals surface area contributed by atoms with Gasteiger partial charge in [-0.15, -0.1) is 0 Å². The number of nitrogens with zero attached hydrogens (tertiary/aromatic N) is 3. The third-order valence-electron chi connectivity index (χ3n) is 4.59. The number of ether oxygens (including phenoxy) is 1. The smallest absolute Gasteiger partial charge is 0.227 e. The number of H-pyrrole nitrogens is 1. The van der Waals surface area contributed by atoms with Gasteiger partial charge in [0.15, 0.2) is 0 Å². The second-order valence-electron chi connectivity index (χ2n) is 6.67. The molecule has 2 heterocycles. The second kappa shape index (κ2) is 7.72. The molecule has 0 amide bonds. The number of anilines is 2. The first-order chi connectivity index (χ1) is 13.2. The molecule has 0 spiro atoms. The monoisotopic (exact) mass is 361 g/mol. The average Bonchev–Trinajstić information content (AvgIpc) is 3.08. The average molecular weight is 361 g/mol. The Bertz CT molecular complexity index is 1070. The van der Waals surface area contributed by atoms with Crippen molar-refractivity contribution in [3.05, 3.63) is 53.9 Å². The maximum absolute atomic E-state index is 5.69. The van der Waals surface area contributed by atoms with E-state index in [1.165, 1.54) is 0 Å². The van der Waals surface area contributed by atoms with E-state index in [1.54, 1.807) is 0 Å². The Morgan fingerprint density at radius 3 is 3.00 bits per heavy atom. The zero-order valence-electron chi connectivity index (χ0n) is 15.6. The van der Waals surface area contributed by atoms with E-state index >= 15 is 0 Å². The normalized spacial score (nSPS) is 11.3. The van der Waals surface area contributed by atoms with Crippen LogP contribution in [0.5, 0.6) is 0 Å². The van der Waals surface area contributed by atoms with Crippen molar-refractivity contribution in [3.8, 4) is 0 Å². The first kappa shape index (κ1) is 17.4. The summed E-state index contributed by atoms with van der Waals surface area (Å²) in [7, 11) is 0. The molecule has 4 aromatic rings. The van der Waals surface area contributed by atoms with Crippen LogP contribution in [0.4, 0.5) is 11.6 Å². The third kappa shape index (κ3) is 3.75. The van der Waals surface area contributed by atoms with Crippen molar-refractivity contribution < 1.29 is 4.74 Å². The van der Waals surface area contributed by atoms with Crippen LogP contribution in [0, 0.1) is 6.92 Å². The van der Waals surface area contributed by atoms with Crippen molar-refractivity contribution in [1.82, 2.24) is 20.2 Å². The summed E-state index contributed by atoms with van der Waals surface area (Å²) < 4.78 is 5.69. The van der Waals surface area contributed by atoms with E-state index in [4.69, 9.17) is 4.74 Å². The molecular weight excluding hydrogens is 338 g/mol. The topological polar surface area (TPSA) is 75.7 Å². The summed E-state index contributed by atoms with van der Waals surface area (Å²) in [6.45, 7) is 5.51. The molecule has 2 aromatic heterocycles. The molecule has 0 atom stereocenters. The maximum atomic E-state index is 5.69. The van der Waals surface area contributed by atoms with Crippen LogP contribution < -0.4 is 5.32 Å². The highest BCUT2D eigenvalue weighted by molar-refractivity contribution is 5.86. The van der Waals surface area contributed by atoms with Crippen molar-refractivity contribution in [2.24, 2.45) is 0 Å². The lowest BCUT2D eigenvalue weighted by Gasteiger charge is -2.07. The molecule has 0 saturated heterocycles. The predicted octanol–water partition coefficient (Wildman–Crippen LogP) is 4.87. The van der Waals surface area contributed by atoms with Gasteiger partial charge in [-0.1, -0.05) is 31.5 Å². The van der Waals surface area contributed by atoms with E-state index in [-0.39, 0.29) is 0 Å². The summed E-state index contributed by atoms with van der Waals surface area (Å²) >= 11 is 0. The van der Waals surface area contributed by atoms with Crippen LogP contribution in [0.3, 0.4) is 0 Å². The fraction of sp³-hybridized carbons (Fsp3) is 0.286. The minimum absolute atomic E-state index is 0.528. The van der Waals surface area contributed by atoms with E-state index < -0.39 is 0 Å². The maximum Gasteiger partial charge on any atom is 0.227 e. The standard InChI is InChI=1S/C21H23N5O/c1-3-4-10-27-13-19-17-9-8-16(11-18(17)25-26-19)23-21-22-12-15-7-5-6-14(2)20(15)24-21/h5-9,11-12H,3-4,10,13H2,1-2H3,(H,25,26)(H,22,23,24). The molecule has 0 fully saturated rings. The number of benzene rings is 2. The summed E-state index contributed by atoms with van der Waals surface area (Å²) in [6.07, 6.45) is 4.05. The van der Waals surface area contributed by atoms with Gasteiger partial charge in [-0.05, 0) is 37.1 Å². The van der Waals surface area contributed by atoms with Gasteiger partial charge in [0, 0.05) is 29.3 Å². The van der Waals surface area contributed by atoms with Gasteiger partial charge < -0.3 is 10.1 Å². The van der Waals surface area contributed by atoms with Crippen LogP contribution >= 0.6 is 0 Å². The number of hydrogen-bond donors (Lipinski definition) is 2. The number of hydrogen-bond acceptors (Lipinski definition) is 5. The zero-order valence-corrected chi connectivity index (χ0v) is 15.6. The van der Waals surface area contributed by atoms with E-state index in [0.717, 1.165) is 58.2 Å². The molecular formula is C21H23N5O. The number of aromatic amines is 1. The fourth-order valence-corrected chi connectivity index (χ4v) is 3.07. The van der Waals surface area contributed by atoms with Gasteiger partial charge >= 0.3 is 0 Å². The van der Waals surface area contributed by atoms with E-state index in [9.17, 15) is 0 Å². The van der Waals surface area contributed by atoms with Crippen molar-refractivity contribution in [1.29, 1.82) is 0 Å². The number of fused-ring (bicyclic) bond motifs is 2. The number of aromatic nitrogens is 4. The second-order valence-corrected chi connectivity index (χ2v) is 6.67. The van der Waals surface area contributed by atoms with Gasteiger partial charge in [0.2, 0.25) is 5.95 Å². The summed E-state index contributed by atoms with van der Waals surface area (Å²) in [5.41, 5.74) is 4.91. The summed E-state index contributed by atoms with van der Waals surface area (Å²) in [5.74, 6) is 0.582. The molecule has 0 aliphatic heterocycles. The molecule has 6 nitrogen and oxygen atoms in total. The molecule has 0 radical (unpaired) electrons. The first-order valence-corrected chi connectivity index (χ1v) is 9.28. The quantitative estimate of drug-likeness (QED) is 0.459.